The number of rotatable bonds is 1. The standard InChI is InChI=1S/C8H7FN2/c9-7-5-6(3-4-10)1-2-8(7)11/h1-2,5H,3,11H2. The van der Waals surface area contributed by atoms with Crippen molar-refractivity contribution >= 4 is 5.69 Å². The van der Waals surface area contributed by atoms with Gasteiger partial charge in [0, 0.05) is 0 Å². The lowest BCUT2D eigenvalue weighted by Crippen LogP contribution is -1.91. The topological polar surface area (TPSA) is 49.8 Å². The Morgan fingerprint density at radius 2 is 2.27 bits per heavy atom. The summed E-state index contributed by atoms with van der Waals surface area (Å²) in [6.07, 6.45) is 0.219. The zero-order valence-electron chi connectivity index (χ0n) is 5.84. The summed E-state index contributed by atoms with van der Waals surface area (Å²) in [5.41, 5.74) is 6.00. The van der Waals surface area contributed by atoms with Crippen LogP contribution in [0.4, 0.5) is 10.1 Å². The molecule has 11 heavy (non-hydrogen) atoms. The van der Waals surface area contributed by atoms with E-state index >= 15 is 0 Å². The van der Waals surface area contributed by atoms with Gasteiger partial charge < -0.3 is 5.73 Å². The molecule has 0 fully saturated rings. The van der Waals surface area contributed by atoms with Gasteiger partial charge in [0.1, 0.15) is 5.82 Å². The third-order valence-corrected chi connectivity index (χ3v) is 1.35. The fraction of sp³-hybridized carbons (Fsp3) is 0.125. The number of nitrogens with zero attached hydrogens (tertiary/aromatic N) is 1. The highest BCUT2D eigenvalue weighted by Gasteiger charge is 1.98. The van der Waals surface area contributed by atoms with Gasteiger partial charge in [0.2, 0.25) is 0 Å². The van der Waals surface area contributed by atoms with Crippen LogP contribution in [0.15, 0.2) is 18.2 Å². The van der Waals surface area contributed by atoms with Crippen LogP contribution in [-0.2, 0) is 6.42 Å². The van der Waals surface area contributed by atoms with Gasteiger partial charge in [0.05, 0.1) is 18.2 Å². The molecule has 0 aliphatic rings. The molecule has 3 heteroatoms. The van der Waals surface area contributed by atoms with Crippen LogP contribution in [0.3, 0.4) is 0 Å². The summed E-state index contributed by atoms with van der Waals surface area (Å²) in [6, 6.07) is 6.30. The molecule has 0 heterocycles. The molecule has 56 valence electrons. The van der Waals surface area contributed by atoms with Crippen LogP contribution in [0.5, 0.6) is 0 Å². The largest absolute Gasteiger partial charge is 0.396 e. The van der Waals surface area contributed by atoms with Gasteiger partial charge in [-0.15, -0.1) is 0 Å². The monoisotopic (exact) mass is 150 g/mol. The molecule has 2 N–H and O–H groups in total. The van der Waals surface area contributed by atoms with Crippen molar-refractivity contribution in [1.82, 2.24) is 0 Å². The van der Waals surface area contributed by atoms with Crippen molar-refractivity contribution in [3.63, 3.8) is 0 Å². The highest BCUT2D eigenvalue weighted by molar-refractivity contribution is 5.41. The van der Waals surface area contributed by atoms with E-state index in [2.05, 4.69) is 0 Å². The Morgan fingerprint density at radius 1 is 1.55 bits per heavy atom. The molecular weight excluding hydrogens is 143 g/mol. The van der Waals surface area contributed by atoms with E-state index in [0.29, 0.717) is 5.56 Å². The van der Waals surface area contributed by atoms with E-state index in [-0.39, 0.29) is 12.1 Å². The maximum Gasteiger partial charge on any atom is 0.146 e. The second-order valence-corrected chi connectivity index (χ2v) is 2.19. The van der Waals surface area contributed by atoms with Crippen LogP contribution >= 0.6 is 0 Å². The number of nitriles is 1. The minimum absolute atomic E-state index is 0.117. The highest BCUT2D eigenvalue weighted by atomic mass is 19.1. The van der Waals surface area contributed by atoms with Gasteiger partial charge in [0.25, 0.3) is 0 Å². The summed E-state index contributed by atoms with van der Waals surface area (Å²) in [4.78, 5) is 0. The molecule has 0 radical (unpaired) electrons. The number of benzene rings is 1. The lowest BCUT2D eigenvalue weighted by Gasteiger charge is -1.97. The predicted molar refractivity (Wildman–Crippen MR) is 40.1 cm³/mol. The molecule has 0 aromatic heterocycles. The molecule has 0 aliphatic heterocycles. The Bertz CT molecular complexity index is 301. The molecular formula is C8H7FN2. The van der Waals surface area contributed by atoms with Crippen LogP contribution in [0.2, 0.25) is 0 Å². The average molecular weight is 150 g/mol. The molecule has 1 aromatic rings. The third kappa shape index (κ3) is 1.68. The zero-order valence-corrected chi connectivity index (χ0v) is 5.84. The zero-order chi connectivity index (χ0) is 8.27. The van der Waals surface area contributed by atoms with E-state index in [9.17, 15) is 4.39 Å². The number of anilines is 1. The maximum absolute atomic E-state index is 12.7. The lowest BCUT2D eigenvalue weighted by molar-refractivity contribution is 0.631. The van der Waals surface area contributed by atoms with Crippen LogP contribution in [0, 0.1) is 17.1 Å². The first-order chi connectivity index (χ1) is 5.24. The van der Waals surface area contributed by atoms with Gasteiger partial charge in [-0.3, -0.25) is 0 Å². The molecule has 2 nitrogen and oxygen atoms in total. The lowest BCUT2D eigenvalue weighted by atomic mass is 10.1. The van der Waals surface area contributed by atoms with Gasteiger partial charge in [-0.05, 0) is 17.7 Å². The van der Waals surface area contributed by atoms with Crippen molar-refractivity contribution < 1.29 is 4.39 Å². The average Bonchev–Trinajstić information content (AvgIpc) is 1.98. The minimum Gasteiger partial charge on any atom is -0.396 e. The Labute approximate surface area is 64.1 Å². The Balaban J connectivity index is 2.98. The van der Waals surface area contributed by atoms with E-state index in [1.54, 1.807) is 6.07 Å². The van der Waals surface area contributed by atoms with Crippen molar-refractivity contribution in [3.05, 3.63) is 29.6 Å². The molecule has 0 aliphatic carbocycles. The summed E-state index contributed by atoms with van der Waals surface area (Å²) in [6.45, 7) is 0. The number of nitrogen functional groups attached to an aromatic ring is 1. The van der Waals surface area contributed by atoms with Gasteiger partial charge >= 0.3 is 0 Å². The number of nitrogens with two attached hydrogens (primary N) is 1. The molecule has 1 aromatic carbocycles. The molecule has 0 saturated carbocycles. The fourth-order valence-electron chi connectivity index (χ4n) is 0.772. The van der Waals surface area contributed by atoms with Crippen molar-refractivity contribution in [2.24, 2.45) is 0 Å². The van der Waals surface area contributed by atoms with Crippen LogP contribution in [-0.4, -0.2) is 0 Å². The summed E-state index contributed by atoms with van der Waals surface area (Å²) in [5, 5.41) is 8.28. The van der Waals surface area contributed by atoms with E-state index in [0.717, 1.165) is 0 Å². The van der Waals surface area contributed by atoms with Crippen LogP contribution < -0.4 is 5.73 Å². The van der Waals surface area contributed by atoms with Crippen LogP contribution in [0.25, 0.3) is 0 Å². The predicted octanol–water partition coefficient (Wildman–Crippen LogP) is 1.47. The van der Waals surface area contributed by atoms with Crippen molar-refractivity contribution in [3.8, 4) is 6.07 Å². The van der Waals surface area contributed by atoms with E-state index in [4.69, 9.17) is 11.0 Å². The number of hydrogen-bond donors (Lipinski definition) is 1. The van der Waals surface area contributed by atoms with Crippen molar-refractivity contribution in [1.29, 1.82) is 5.26 Å². The van der Waals surface area contributed by atoms with Crippen LogP contribution in [0.1, 0.15) is 5.56 Å². The first-order valence-corrected chi connectivity index (χ1v) is 3.15. The second-order valence-electron chi connectivity index (χ2n) is 2.19. The second kappa shape index (κ2) is 3.02. The molecule has 0 amide bonds. The van der Waals surface area contributed by atoms with E-state index < -0.39 is 5.82 Å². The fourth-order valence-corrected chi connectivity index (χ4v) is 0.772. The van der Waals surface area contributed by atoms with Gasteiger partial charge in [0.15, 0.2) is 0 Å². The highest BCUT2D eigenvalue weighted by Crippen LogP contribution is 2.11. The molecule has 0 saturated heterocycles. The van der Waals surface area contributed by atoms with Gasteiger partial charge in [-0.25, -0.2) is 4.39 Å². The van der Waals surface area contributed by atoms with Crippen molar-refractivity contribution in [2.45, 2.75) is 6.42 Å². The Kier molecular flexibility index (Phi) is 2.07. The maximum atomic E-state index is 12.7. The van der Waals surface area contributed by atoms with Gasteiger partial charge in [-0.2, -0.15) is 5.26 Å². The summed E-state index contributed by atoms with van der Waals surface area (Å²) < 4.78 is 12.7. The summed E-state index contributed by atoms with van der Waals surface area (Å²) >= 11 is 0. The smallest absolute Gasteiger partial charge is 0.146 e. The van der Waals surface area contributed by atoms with E-state index in [1.165, 1.54) is 12.1 Å². The SMILES string of the molecule is N#CCc1ccc(N)c(F)c1. The molecule has 1 rings (SSSR count). The van der Waals surface area contributed by atoms with Gasteiger partial charge in [-0.1, -0.05) is 6.07 Å². The van der Waals surface area contributed by atoms with E-state index in [1.807, 2.05) is 6.07 Å². The van der Waals surface area contributed by atoms with Crippen molar-refractivity contribution in [2.75, 3.05) is 5.73 Å². The number of hydrogen-bond acceptors (Lipinski definition) is 2. The molecule has 0 spiro atoms. The molecule has 0 bridgehead atoms. The summed E-state index contributed by atoms with van der Waals surface area (Å²) in [7, 11) is 0. The third-order valence-electron chi connectivity index (χ3n) is 1.35. The molecule has 0 atom stereocenters. The quantitative estimate of drug-likeness (QED) is 0.616. The Morgan fingerprint density at radius 3 is 2.82 bits per heavy atom. The normalized spacial score (nSPS) is 9.09. The molecule has 0 unspecified atom stereocenters. The summed E-state index contributed by atoms with van der Waals surface area (Å²) in [5.74, 6) is -0.460. The Hall–Kier alpha value is -1.56. The first kappa shape index (κ1) is 7.55. The minimum atomic E-state index is -0.460. The number of halogens is 1. The first-order valence-electron chi connectivity index (χ1n) is 3.15.